The van der Waals surface area contributed by atoms with Crippen molar-refractivity contribution < 1.29 is 24.2 Å². The van der Waals surface area contributed by atoms with Gasteiger partial charge in [0.05, 0.1) is 0 Å². The number of carboxylic acid groups (broad SMARTS) is 1. The fourth-order valence-corrected chi connectivity index (χ4v) is 7.57. The predicted octanol–water partition coefficient (Wildman–Crippen LogP) is 13.7. The minimum Gasteiger partial charge on any atom is -0.480 e. The molecule has 0 spiro atoms. The van der Waals surface area contributed by atoms with Crippen molar-refractivity contribution in [2.24, 2.45) is 5.73 Å². The highest BCUT2D eigenvalue weighted by molar-refractivity contribution is 5.83. The number of amides is 1. The largest absolute Gasteiger partial charge is 0.480 e. The van der Waals surface area contributed by atoms with Crippen LogP contribution in [0, 0.1) is 0 Å². The fraction of sp³-hybridized carbons (Fsp3) is 0.936. The molecule has 0 saturated heterocycles. The Morgan fingerprint density at radius 2 is 0.796 bits per heavy atom. The van der Waals surface area contributed by atoms with Crippen LogP contribution in [0.3, 0.4) is 0 Å². The number of nitrogens with two attached hydrogens (primary N) is 1. The van der Waals surface area contributed by atoms with Crippen molar-refractivity contribution in [3.63, 3.8) is 0 Å². The maximum absolute atomic E-state index is 12.8. The summed E-state index contributed by atoms with van der Waals surface area (Å²) in [7, 11) is 0. The van der Waals surface area contributed by atoms with Gasteiger partial charge in [-0.2, -0.15) is 0 Å². The van der Waals surface area contributed by atoms with Crippen LogP contribution in [0.1, 0.15) is 264 Å². The van der Waals surface area contributed by atoms with Crippen molar-refractivity contribution in [1.29, 1.82) is 0 Å². The highest BCUT2D eigenvalue weighted by Crippen LogP contribution is 2.20. The van der Waals surface area contributed by atoms with Gasteiger partial charge in [-0.15, -0.1) is 0 Å². The molecule has 0 aromatic carbocycles. The minimum atomic E-state index is -1.000. The number of unbranched alkanes of at least 4 members (excludes halogenated alkanes) is 30. The van der Waals surface area contributed by atoms with Crippen molar-refractivity contribution in [2.45, 2.75) is 276 Å². The Hall–Kier alpha value is -1.63. The van der Waals surface area contributed by atoms with Crippen LogP contribution >= 0.6 is 0 Å². The number of carboxylic acids is 1. The number of ether oxygens (including phenoxy) is 1. The van der Waals surface area contributed by atoms with Gasteiger partial charge in [0.15, 0.2) is 0 Å². The molecule has 0 heterocycles. The zero-order valence-electron chi connectivity index (χ0n) is 36.1. The average Bonchev–Trinajstić information content (AvgIpc) is 3.16. The molecule has 7 heteroatoms. The van der Waals surface area contributed by atoms with Gasteiger partial charge in [-0.3, -0.25) is 9.59 Å². The van der Waals surface area contributed by atoms with Crippen LogP contribution in [0.4, 0.5) is 0 Å². The molecule has 4 N–H and O–H groups in total. The first-order valence-electron chi connectivity index (χ1n) is 23.9. The van der Waals surface area contributed by atoms with Gasteiger partial charge in [0.1, 0.15) is 12.1 Å². The molecule has 320 valence electrons. The molecule has 0 aromatic heterocycles. The lowest BCUT2D eigenvalue weighted by atomic mass is 10.0. The van der Waals surface area contributed by atoms with Gasteiger partial charge < -0.3 is 20.9 Å². The van der Waals surface area contributed by atoms with Crippen molar-refractivity contribution in [1.82, 2.24) is 5.32 Å². The van der Waals surface area contributed by atoms with E-state index >= 15 is 0 Å². The van der Waals surface area contributed by atoms with E-state index in [0.29, 0.717) is 32.2 Å². The van der Waals surface area contributed by atoms with Crippen LogP contribution in [-0.2, 0) is 19.1 Å². The summed E-state index contributed by atoms with van der Waals surface area (Å²) >= 11 is 0. The van der Waals surface area contributed by atoms with E-state index in [4.69, 9.17) is 10.5 Å². The normalized spacial score (nSPS) is 12.5. The second-order valence-electron chi connectivity index (χ2n) is 16.5. The summed E-state index contributed by atoms with van der Waals surface area (Å²) in [5.41, 5.74) is 5.49. The van der Waals surface area contributed by atoms with Crippen LogP contribution < -0.4 is 11.1 Å². The predicted molar refractivity (Wildman–Crippen MR) is 230 cm³/mol. The van der Waals surface area contributed by atoms with E-state index in [0.717, 1.165) is 64.2 Å². The lowest BCUT2D eigenvalue weighted by Gasteiger charge is -2.18. The molecule has 0 bridgehead atoms. The number of hydrogen-bond donors (Lipinski definition) is 3. The van der Waals surface area contributed by atoms with E-state index < -0.39 is 12.0 Å². The molecule has 0 fully saturated rings. The Morgan fingerprint density at radius 3 is 1.15 bits per heavy atom. The number of carbonyl (C=O) groups is 3. The van der Waals surface area contributed by atoms with Gasteiger partial charge in [0.2, 0.25) is 5.91 Å². The first-order chi connectivity index (χ1) is 26.4. The molecule has 54 heavy (non-hydrogen) atoms. The zero-order valence-corrected chi connectivity index (χ0v) is 36.1. The summed E-state index contributed by atoms with van der Waals surface area (Å²) in [4.78, 5) is 36.4. The fourth-order valence-electron chi connectivity index (χ4n) is 7.57. The number of rotatable bonds is 44. The van der Waals surface area contributed by atoms with Crippen molar-refractivity contribution in [3.05, 3.63) is 0 Å². The van der Waals surface area contributed by atoms with Crippen LogP contribution in [0.25, 0.3) is 0 Å². The van der Waals surface area contributed by atoms with E-state index in [-0.39, 0.29) is 18.0 Å². The number of carbonyl (C=O) groups excluding carboxylic acids is 2. The van der Waals surface area contributed by atoms with Gasteiger partial charge in [-0.05, 0) is 57.9 Å². The van der Waals surface area contributed by atoms with Crippen molar-refractivity contribution in [2.75, 3.05) is 6.54 Å². The third-order valence-corrected chi connectivity index (χ3v) is 11.2. The summed E-state index contributed by atoms with van der Waals surface area (Å²) < 4.78 is 6.07. The zero-order chi connectivity index (χ0) is 39.6. The Balaban J connectivity index is 4.20. The number of esters is 1. The molecule has 0 aliphatic rings. The maximum atomic E-state index is 12.8. The van der Waals surface area contributed by atoms with Crippen molar-refractivity contribution >= 4 is 17.8 Å². The molecule has 0 radical (unpaired) electrons. The SMILES string of the molecule is CCCCCCCCCCCCCCCCCCCC(=O)OC(CCCCCCCCCCCCC)CCCCCCCC(=O)NC(CCCN)C(=O)O. The van der Waals surface area contributed by atoms with Crippen LogP contribution in [0.5, 0.6) is 0 Å². The Kier molecular flexibility index (Phi) is 41.2. The third-order valence-electron chi connectivity index (χ3n) is 11.2. The summed E-state index contributed by atoms with van der Waals surface area (Å²) in [6.45, 7) is 4.97. The molecule has 0 aromatic rings. The second kappa shape index (κ2) is 42.5. The third kappa shape index (κ3) is 38.6. The van der Waals surface area contributed by atoms with Crippen LogP contribution in [0.15, 0.2) is 0 Å². The Morgan fingerprint density at radius 1 is 0.463 bits per heavy atom. The summed E-state index contributed by atoms with van der Waals surface area (Å²) in [5, 5.41) is 12.0. The topological polar surface area (TPSA) is 119 Å². The van der Waals surface area contributed by atoms with Gasteiger partial charge in [0, 0.05) is 12.8 Å². The molecular formula is C47H92N2O5. The Bertz CT molecular complexity index is 822. The van der Waals surface area contributed by atoms with Crippen molar-refractivity contribution in [3.8, 4) is 0 Å². The van der Waals surface area contributed by atoms with E-state index in [9.17, 15) is 19.5 Å². The molecule has 1 amide bonds. The molecule has 7 nitrogen and oxygen atoms in total. The van der Waals surface area contributed by atoms with Crippen LogP contribution in [-0.4, -0.2) is 41.6 Å². The molecular weight excluding hydrogens is 673 g/mol. The highest BCUT2D eigenvalue weighted by Gasteiger charge is 2.19. The Labute approximate surface area is 335 Å². The van der Waals surface area contributed by atoms with E-state index in [1.54, 1.807) is 0 Å². The lowest BCUT2D eigenvalue weighted by Crippen LogP contribution is -2.40. The van der Waals surface area contributed by atoms with Crippen LogP contribution in [0.2, 0.25) is 0 Å². The van der Waals surface area contributed by atoms with E-state index in [1.165, 1.54) is 161 Å². The maximum Gasteiger partial charge on any atom is 0.326 e. The molecule has 0 rings (SSSR count). The first-order valence-corrected chi connectivity index (χ1v) is 23.9. The molecule has 0 saturated carbocycles. The van der Waals surface area contributed by atoms with E-state index in [1.807, 2.05) is 0 Å². The number of hydrogen-bond acceptors (Lipinski definition) is 5. The van der Waals surface area contributed by atoms with Gasteiger partial charge in [-0.25, -0.2) is 4.79 Å². The van der Waals surface area contributed by atoms with Gasteiger partial charge in [-0.1, -0.05) is 200 Å². The lowest BCUT2D eigenvalue weighted by molar-refractivity contribution is -0.150. The quantitative estimate of drug-likeness (QED) is 0.0420. The highest BCUT2D eigenvalue weighted by atomic mass is 16.5. The minimum absolute atomic E-state index is 0.0128. The summed E-state index contributed by atoms with van der Waals surface area (Å²) in [6, 6.07) is -0.852. The standard InChI is InChI=1S/C47H92N2O5/c1-3-5-7-9-11-13-15-16-17-18-19-20-22-24-26-31-35-41-46(51)54-43(37-32-28-25-23-21-14-12-10-8-6-4-2)38-33-29-27-30-34-40-45(50)49-44(47(52)53)39-36-42-48/h43-44H,3-42,48H2,1-2H3,(H,49,50)(H,52,53). The molecule has 0 aliphatic carbocycles. The van der Waals surface area contributed by atoms with Gasteiger partial charge in [0.25, 0.3) is 0 Å². The first kappa shape index (κ1) is 52.4. The molecule has 0 aliphatic heterocycles. The smallest absolute Gasteiger partial charge is 0.326 e. The summed E-state index contributed by atoms with van der Waals surface area (Å²) in [6.07, 6.45) is 45.8. The molecule has 2 unspecified atom stereocenters. The number of aliphatic carboxylic acids is 1. The monoisotopic (exact) mass is 765 g/mol. The van der Waals surface area contributed by atoms with Gasteiger partial charge >= 0.3 is 11.9 Å². The molecule has 2 atom stereocenters. The number of nitrogens with one attached hydrogen (secondary N) is 1. The second-order valence-corrected chi connectivity index (χ2v) is 16.5. The van der Waals surface area contributed by atoms with E-state index in [2.05, 4.69) is 19.2 Å². The average molecular weight is 765 g/mol. The summed E-state index contributed by atoms with van der Waals surface area (Å²) in [5.74, 6) is -1.21.